The highest BCUT2D eigenvalue weighted by Crippen LogP contribution is 2.59. The van der Waals surface area contributed by atoms with Crippen molar-refractivity contribution in [1.29, 1.82) is 0 Å². The van der Waals surface area contributed by atoms with Crippen molar-refractivity contribution in [3.8, 4) is 0 Å². The molecule has 0 amide bonds. The van der Waals surface area contributed by atoms with Crippen molar-refractivity contribution in [2.24, 2.45) is 23.7 Å². The van der Waals surface area contributed by atoms with Crippen LogP contribution in [0, 0.1) is 23.7 Å². The number of alkyl halides is 1. The standard InChI is InChI=1S/C10H13BrO/c11-10-7-4-8(12)9(10)6-3-1-2-5(6)7/h5-7,9-10H,1-4H2/t5-,6+,7-,9-,10-/m1/s1. The van der Waals surface area contributed by atoms with E-state index in [1.54, 1.807) is 0 Å². The van der Waals surface area contributed by atoms with E-state index < -0.39 is 0 Å². The van der Waals surface area contributed by atoms with Crippen molar-refractivity contribution in [2.75, 3.05) is 0 Å². The van der Waals surface area contributed by atoms with Gasteiger partial charge in [0.25, 0.3) is 0 Å². The van der Waals surface area contributed by atoms with Crippen molar-refractivity contribution in [3.05, 3.63) is 0 Å². The van der Waals surface area contributed by atoms with E-state index in [2.05, 4.69) is 15.9 Å². The molecule has 0 aromatic heterocycles. The van der Waals surface area contributed by atoms with E-state index in [0.29, 0.717) is 22.4 Å². The Morgan fingerprint density at radius 3 is 2.75 bits per heavy atom. The van der Waals surface area contributed by atoms with Crippen molar-refractivity contribution < 1.29 is 4.79 Å². The molecule has 0 heterocycles. The van der Waals surface area contributed by atoms with Gasteiger partial charge in [-0.3, -0.25) is 4.79 Å². The van der Waals surface area contributed by atoms with Gasteiger partial charge < -0.3 is 0 Å². The summed E-state index contributed by atoms with van der Waals surface area (Å²) in [5.41, 5.74) is 0. The van der Waals surface area contributed by atoms with Crippen LogP contribution in [0.1, 0.15) is 25.7 Å². The zero-order chi connectivity index (χ0) is 8.29. The Labute approximate surface area is 81.0 Å². The lowest BCUT2D eigenvalue weighted by molar-refractivity contribution is -0.123. The fourth-order valence-corrected chi connectivity index (χ4v) is 5.05. The molecule has 0 spiro atoms. The van der Waals surface area contributed by atoms with E-state index in [4.69, 9.17) is 0 Å². The molecule has 3 fully saturated rings. The molecule has 0 aromatic carbocycles. The number of ketones is 1. The molecule has 66 valence electrons. The lowest BCUT2D eigenvalue weighted by Crippen LogP contribution is -2.24. The summed E-state index contributed by atoms with van der Waals surface area (Å²) in [5, 5.41) is 0. The largest absolute Gasteiger partial charge is 0.299 e. The van der Waals surface area contributed by atoms with Crippen LogP contribution in [0.2, 0.25) is 0 Å². The zero-order valence-electron chi connectivity index (χ0n) is 7.00. The summed E-state index contributed by atoms with van der Waals surface area (Å²) in [7, 11) is 0. The van der Waals surface area contributed by atoms with Crippen LogP contribution in [0.4, 0.5) is 0 Å². The van der Waals surface area contributed by atoms with Gasteiger partial charge in [0.05, 0.1) is 0 Å². The molecule has 2 heteroatoms. The van der Waals surface area contributed by atoms with Gasteiger partial charge in [0.2, 0.25) is 0 Å². The number of fused-ring (bicyclic) bond motifs is 5. The molecule has 2 bridgehead atoms. The molecule has 5 atom stereocenters. The van der Waals surface area contributed by atoms with E-state index >= 15 is 0 Å². The second kappa shape index (κ2) is 2.34. The van der Waals surface area contributed by atoms with Crippen molar-refractivity contribution in [3.63, 3.8) is 0 Å². The average Bonchev–Trinajstić information content (AvgIpc) is 2.61. The number of hydrogen-bond acceptors (Lipinski definition) is 1. The third-order valence-corrected chi connectivity index (χ3v) is 5.45. The Kier molecular flexibility index (Phi) is 1.47. The second-order valence-corrected chi connectivity index (χ2v) is 5.62. The highest BCUT2D eigenvalue weighted by atomic mass is 79.9. The molecule has 0 aliphatic heterocycles. The van der Waals surface area contributed by atoms with E-state index in [9.17, 15) is 4.79 Å². The second-order valence-electron chi connectivity index (χ2n) is 4.56. The molecule has 0 aromatic rings. The Morgan fingerprint density at radius 1 is 1.17 bits per heavy atom. The van der Waals surface area contributed by atoms with Crippen molar-refractivity contribution in [1.82, 2.24) is 0 Å². The Balaban J connectivity index is 1.99. The maximum atomic E-state index is 11.6. The first kappa shape index (κ1) is 7.54. The van der Waals surface area contributed by atoms with E-state index in [0.717, 1.165) is 18.3 Å². The third kappa shape index (κ3) is 0.729. The SMILES string of the molecule is O=C1C[C@H]2[C@@H](Br)[C@@H]1[C@H]1CCC[C@@H]21. The summed E-state index contributed by atoms with van der Waals surface area (Å²) in [6.45, 7) is 0. The Morgan fingerprint density at radius 2 is 1.92 bits per heavy atom. The maximum Gasteiger partial charge on any atom is 0.137 e. The Hall–Kier alpha value is 0.150. The number of Topliss-reactive ketones (excluding diaryl/α,β-unsaturated/α-hetero) is 1. The minimum Gasteiger partial charge on any atom is -0.299 e. The van der Waals surface area contributed by atoms with Crippen LogP contribution in [0.3, 0.4) is 0 Å². The minimum absolute atomic E-state index is 0.405. The van der Waals surface area contributed by atoms with Crippen molar-refractivity contribution >= 4 is 21.7 Å². The van der Waals surface area contributed by atoms with Crippen LogP contribution >= 0.6 is 15.9 Å². The zero-order valence-corrected chi connectivity index (χ0v) is 8.59. The van der Waals surface area contributed by atoms with Crippen LogP contribution in [0.5, 0.6) is 0 Å². The van der Waals surface area contributed by atoms with Gasteiger partial charge in [0, 0.05) is 17.2 Å². The molecular weight excluding hydrogens is 216 g/mol. The van der Waals surface area contributed by atoms with Crippen molar-refractivity contribution in [2.45, 2.75) is 30.5 Å². The average molecular weight is 229 g/mol. The van der Waals surface area contributed by atoms with E-state index in [1.165, 1.54) is 19.3 Å². The molecule has 3 aliphatic rings. The predicted octanol–water partition coefficient (Wildman–Crippen LogP) is 2.39. The molecule has 0 radical (unpaired) electrons. The van der Waals surface area contributed by atoms with Gasteiger partial charge in [-0.25, -0.2) is 0 Å². The molecule has 0 unspecified atom stereocenters. The summed E-state index contributed by atoms with van der Waals surface area (Å²) >= 11 is 3.71. The molecule has 3 aliphatic carbocycles. The van der Waals surface area contributed by atoms with Gasteiger partial charge in [-0.15, -0.1) is 0 Å². The first-order valence-corrected chi connectivity index (χ1v) is 5.87. The molecule has 1 nitrogen and oxygen atoms in total. The number of rotatable bonds is 0. The molecule has 3 rings (SSSR count). The van der Waals surface area contributed by atoms with Gasteiger partial charge in [-0.1, -0.05) is 22.4 Å². The molecule has 0 saturated heterocycles. The first-order valence-electron chi connectivity index (χ1n) is 4.96. The highest BCUT2D eigenvalue weighted by molar-refractivity contribution is 9.09. The molecule has 3 saturated carbocycles. The smallest absolute Gasteiger partial charge is 0.137 e. The van der Waals surface area contributed by atoms with Crippen LogP contribution in [0.15, 0.2) is 0 Å². The van der Waals surface area contributed by atoms with E-state index in [-0.39, 0.29) is 0 Å². The highest BCUT2D eigenvalue weighted by Gasteiger charge is 2.58. The van der Waals surface area contributed by atoms with Gasteiger partial charge in [0.1, 0.15) is 5.78 Å². The van der Waals surface area contributed by atoms with Crippen LogP contribution in [0.25, 0.3) is 0 Å². The van der Waals surface area contributed by atoms with E-state index in [1.807, 2.05) is 0 Å². The number of carbonyl (C=O) groups is 1. The topological polar surface area (TPSA) is 17.1 Å². The summed E-state index contributed by atoms with van der Waals surface area (Å²) in [5.74, 6) is 3.32. The minimum atomic E-state index is 0.405. The quantitative estimate of drug-likeness (QED) is 0.583. The number of hydrogen-bond donors (Lipinski definition) is 0. The Bertz CT molecular complexity index is 236. The lowest BCUT2D eigenvalue weighted by atomic mass is 9.81. The number of halogens is 1. The third-order valence-electron chi connectivity index (χ3n) is 4.20. The van der Waals surface area contributed by atoms with Gasteiger partial charge in [-0.05, 0) is 30.6 Å². The van der Waals surface area contributed by atoms with Crippen LogP contribution in [-0.2, 0) is 4.79 Å². The first-order chi connectivity index (χ1) is 5.79. The molecule has 0 N–H and O–H groups in total. The van der Waals surface area contributed by atoms with Gasteiger partial charge >= 0.3 is 0 Å². The molecular formula is C10H13BrO. The summed E-state index contributed by atoms with van der Waals surface area (Å²) in [6.07, 6.45) is 4.96. The maximum absolute atomic E-state index is 11.6. The fraction of sp³-hybridized carbons (Fsp3) is 0.900. The monoisotopic (exact) mass is 228 g/mol. The van der Waals surface area contributed by atoms with Gasteiger partial charge in [-0.2, -0.15) is 0 Å². The van der Waals surface area contributed by atoms with Gasteiger partial charge in [0.15, 0.2) is 0 Å². The number of carbonyl (C=O) groups excluding carboxylic acids is 1. The fourth-order valence-electron chi connectivity index (χ4n) is 3.78. The normalized spacial score (nSPS) is 56.4. The summed E-state index contributed by atoms with van der Waals surface area (Å²) < 4.78 is 0. The van der Waals surface area contributed by atoms with Crippen LogP contribution in [-0.4, -0.2) is 10.6 Å². The lowest BCUT2D eigenvalue weighted by Gasteiger charge is -2.22. The summed E-state index contributed by atoms with van der Waals surface area (Å²) in [6, 6.07) is 0. The molecule has 12 heavy (non-hydrogen) atoms. The summed E-state index contributed by atoms with van der Waals surface area (Å²) in [4.78, 5) is 12.1. The predicted molar refractivity (Wildman–Crippen MR) is 50.2 cm³/mol. The van der Waals surface area contributed by atoms with Crippen LogP contribution < -0.4 is 0 Å².